The maximum Gasteiger partial charge on any atom is 0.246 e. The number of ether oxygens (including phenoxy) is 1. The van der Waals surface area contributed by atoms with Crippen LogP contribution < -0.4 is 15.4 Å². The van der Waals surface area contributed by atoms with Crippen LogP contribution in [-0.2, 0) is 4.79 Å². The quantitative estimate of drug-likeness (QED) is 0.431. The van der Waals surface area contributed by atoms with Crippen LogP contribution in [0.3, 0.4) is 0 Å². The van der Waals surface area contributed by atoms with Gasteiger partial charge < -0.3 is 19.8 Å². The monoisotopic (exact) mass is 402 g/mol. The highest BCUT2D eigenvalue weighted by atomic mass is 16.5. The topological polar surface area (TPSA) is 80.6 Å². The minimum atomic E-state index is -0.534. The van der Waals surface area contributed by atoms with E-state index in [4.69, 9.17) is 9.15 Å². The first-order chi connectivity index (χ1) is 14.5. The SMILES string of the molecule is COc1cc2c(cc1N[C@H](C)C(=O)Nc1ccc(C(C)=O)cc1)oc1ccccc12. The van der Waals surface area contributed by atoms with Crippen molar-refractivity contribution in [2.75, 3.05) is 17.7 Å². The highest BCUT2D eigenvalue weighted by molar-refractivity contribution is 6.07. The first kappa shape index (κ1) is 19.5. The minimum absolute atomic E-state index is 0.0176. The second-order valence-electron chi connectivity index (χ2n) is 7.14. The Morgan fingerprint density at radius 2 is 1.70 bits per heavy atom. The molecule has 0 aliphatic carbocycles. The summed E-state index contributed by atoms with van der Waals surface area (Å²) in [4.78, 5) is 24.0. The molecule has 0 spiro atoms. The maximum absolute atomic E-state index is 12.6. The van der Waals surface area contributed by atoms with Crippen LogP contribution >= 0.6 is 0 Å². The molecule has 0 saturated heterocycles. The van der Waals surface area contributed by atoms with E-state index < -0.39 is 6.04 Å². The molecule has 1 heterocycles. The summed E-state index contributed by atoms with van der Waals surface area (Å²) in [6.45, 7) is 3.27. The van der Waals surface area contributed by atoms with E-state index in [0.717, 1.165) is 16.4 Å². The highest BCUT2D eigenvalue weighted by Crippen LogP contribution is 2.36. The zero-order valence-corrected chi connectivity index (χ0v) is 17.0. The average Bonchev–Trinajstić information content (AvgIpc) is 3.10. The molecule has 4 aromatic rings. The largest absolute Gasteiger partial charge is 0.495 e. The molecule has 30 heavy (non-hydrogen) atoms. The maximum atomic E-state index is 12.6. The second kappa shape index (κ2) is 7.91. The van der Waals surface area contributed by atoms with Gasteiger partial charge in [-0.1, -0.05) is 18.2 Å². The van der Waals surface area contributed by atoms with Crippen molar-refractivity contribution in [1.29, 1.82) is 0 Å². The van der Waals surface area contributed by atoms with Gasteiger partial charge in [-0.3, -0.25) is 9.59 Å². The van der Waals surface area contributed by atoms with E-state index in [1.165, 1.54) is 6.92 Å². The second-order valence-corrected chi connectivity index (χ2v) is 7.14. The molecule has 6 heteroatoms. The number of benzene rings is 3. The number of para-hydroxylation sites is 1. The molecule has 1 amide bonds. The highest BCUT2D eigenvalue weighted by Gasteiger charge is 2.17. The molecule has 0 unspecified atom stereocenters. The van der Waals surface area contributed by atoms with Crippen molar-refractivity contribution in [2.45, 2.75) is 19.9 Å². The molecule has 1 aromatic heterocycles. The van der Waals surface area contributed by atoms with Crippen LogP contribution in [-0.4, -0.2) is 24.8 Å². The van der Waals surface area contributed by atoms with Gasteiger partial charge in [-0.15, -0.1) is 0 Å². The van der Waals surface area contributed by atoms with Crippen molar-refractivity contribution in [3.8, 4) is 5.75 Å². The van der Waals surface area contributed by atoms with Gasteiger partial charge in [0.05, 0.1) is 12.8 Å². The van der Waals surface area contributed by atoms with Crippen LogP contribution in [0.25, 0.3) is 21.9 Å². The molecule has 4 rings (SSSR count). The molecule has 2 N–H and O–H groups in total. The number of amides is 1. The van der Waals surface area contributed by atoms with E-state index in [0.29, 0.717) is 28.3 Å². The fourth-order valence-electron chi connectivity index (χ4n) is 3.37. The number of carbonyl (C=O) groups is 2. The average molecular weight is 402 g/mol. The van der Waals surface area contributed by atoms with Crippen molar-refractivity contribution in [3.63, 3.8) is 0 Å². The lowest BCUT2D eigenvalue weighted by Crippen LogP contribution is -2.32. The lowest BCUT2D eigenvalue weighted by atomic mass is 10.1. The molecule has 0 aliphatic heterocycles. The number of ketones is 1. The summed E-state index contributed by atoms with van der Waals surface area (Å²) in [6, 6.07) is 17.8. The van der Waals surface area contributed by atoms with Crippen LogP contribution in [0.2, 0.25) is 0 Å². The van der Waals surface area contributed by atoms with Gasteiger partial charge in [0.25, 0.3) is 0 Å². The van der Waals surface area contributed by atoms with Crippen molar-refractivity contribution < 1.29 is 18.7 Å². The number of rotatable bonds is 6. The van der Waals surface area contributed by atoms with Gasteiger partial charge in [0, 0.05) is 28.1 Å². The van der Waals surface area contributed by atoms with Crippen LogP contribution in [0, 0.1) is 0 Å². The Morgan fingerprint density at radius 1 is 0.967 bits per heavy atom. The van der Waals surface area contributed by atoms with Crippen LogP contribution in [0.4, 0.5) is 11.4 Å². The molecule has 152 valence electrons. The molecule has 1 atom stereocenters. The number of furan rings is 1. The summed E-state index contributed by atoms with van der Waals surface area (Å²) in [7, 11) is 1.59. The predicted molar refractivity (Wildman–Crippen MR) is 118 cm³/mol. The van der Waals surface area contributed by atoms with Crippen LogP contribution in [0.1, 0.15) is 24.2 Å². The van der Waals surface area contributed by atoms with Crippen LogP contribution in [0.15, 0.2) is 65.1 Å². The van der Waals surface area contributed by atoms with Gasteiger partial charge in [-0.2, -0.15) is 0 Å². The van der Waals surface area contributed by atoms with Gasteiger partial charge in [0.2, 0.25) is 5.91 Å². The Balaban J connectivity index is 1.55. The first-order valence-electron chi connectivity index (χ1n) is 9.64. The third-order valence-corrected chi connectivity index (χ3v) is 5.02. The summed E-state index contributed by atoms with van der Waals surface area (Å²) in [5.74, 6) is 0.396. The fourth-order valence-corrected chi connectivity index (χ4v) is 3.37. The lowest BCUT2D eigenvalue weighted by molar-refractivity contribution is -0.116. The Labute approximate surface area is 173 Å². The van der Waals surface area contributed by atoms with Crippen LogP contribution in [0.5, 0.6) is 5.75 Å². The molecular formula is C24H22N2O4. The Bertz CT molecular complexity index is 1240. The Morgan fingerprint density at radius 3 is 2.40 bits per heavy atom. The number of hydrogen-bond donors (Lipinski definition) is 2. The van der Waals surface area contributed by atoms with Gasteiger partial charge in [-0.25, -0.2) is 0 Å². The van der Waals surface area contributed by atoms with E-state index in [2.05, 4.69) is 10.6 Å². The van der Waals surface area contributed by atoms with E-state index >= 15 is 0 Å². The number of nitrogens with one attached hydrogen (secondary N) is 2. The molecule has 6 nitrogen and oxygen atoms in total. The number of fused-ring (bicyclic) bond motifs is 3. The van der Waals surface area contributed by atoms with Crippen molar-refractivity contribution >= 4 is 45.0 Å². The number of carbonyl (C=O) groups excluding carboxylic acids is 2. The standard InChI is InChI=1S/C24H22N2O4/c1-14(24(28)26-17-10-8-16(9-11-17)15(2)27)25-20-13-22-19(12-23(20)29-3)18-6-4-5-7-21(18)30-22/h4-14,25H,1-3H3,(H,26,28)/t14-/m1/s1. The molecule has 0 fully saturated rings. The number of methoxy groups -OCH3 is 1. The van der Waals surface area contributed by atoms with E-state index in [1.807, 2.05) is 36.4 Å². The van der Waals surface area contributed by atoms with Gasteiger partial charge >= 0.3 is 0 Å². The molecule has 0 aliphatic rings. The zero-order valence-electron chi connectivity index (χ0n) is 17.0. The zero-order chi connectivity index (χ0) is 21.3. The molecular weight excluding hydrogens is 380 g/mol. The van der Waals surface area contributed by atoms with Gasteiger partial charge in [-0.05, 0) is 50.2 Å². The summed E-state index contributed by atoms with van der Waals surface area (Å²) in [6.07, 6.45) is 0. The summed E-state index contributed by atoms with van der Waals surface area (Å²) < 4.78 is 11.5. The molecule has 0 bridgehead atoms. The Hall–Kier alpha value is -3.80. The molecule has 0 radical (unpaired) electrons. The van der Waals surface area contributed by atoms with Crippen molar-refractivity contribution in [1.82, 2.24) is 0 Å². The summed E-state index contributed by atoms with van der Waals surface area (Å²) in [5, 5.41) is 8.01. The third-order valence-electron chi connectivity index (χ3n) is 5.02. The predicted octanol–water partition coefficient (Wildman–Crippen LogP) is 5.24. The van der Waals surface area contributed by atoms with Gasteiger partial charge in [0.15, 0.2) is 5.78 Å². The lowest BCUT2D eigenvalue weighted by Gasteiger charge is -2.17. The van der Waals surface area contributed by atoms with Gasteiger partial charge in [0.1, 0.15) is 23.0 Å². The third kappa shape index (κ3) is 3.72. The Kier molecular flexibility index (Phi) is 5.14. The van der Waals surface area contributed by atoms with E-state index in [1.54, 1.807) is 38.3 Å². The number of hydrogen-bond acceptors (Lipinski definition) is 5. The smallest absolute Gasteiger partial charge is 0.246 e. The summed E-state index contributed by atoms with van der Waals surface area (Å²) >= 11 is 0. The fraction of sp³-hybridized carbons (Fsp3) is 0.167. The summed E-state index contributed by atoms with van der Waals surface area (Å²) in [5.41, 5.74) is 3.40. The number of anilines is 2. The van der Waals surface area contributed by atoms with Crippen molar-refractivity contribution in [2.24, 2.45) is 0 Å². The molecule has 3 aromatic carbocycles. The van der Waals surface area contributed by atoms with E-state index in [-0.39, 0.29) is 11.7 Å². The number of Topliss-reactive ketones (excluding diaryl/α,β-unsaturated/α-hetero) is 1. The first-order valence-corrected chi connectivity index (χ1v) is 9.64. The van der Waals surface area contributed by atoms with E-state index in [9.17, 15) is 9.59 Å². The normalized spacial score (nSPS) is 12.0. The minimum Gasteiger partial charge on any atom is -0.495 e. The van der Waals surface area contributed by atoms with Crippen molar-refractivity contribution in [3.05, 3.63) is 66.2 Å². The molecule has 0 saturated carbocycles.